The van der Waals surface area contributed by atoms with E-state index in [1.807, 2.05) is 6.92 Å². The summed E-state index contributed by atoms with van der Waals surface area (Å²) < 4.78 is 0. The lowest BCUT2D eigenvalue weighted by molar-refractivity contribution is 0.0692. The van der Waals surface area contributed by atoms with E-state index in [0.717, 1.165) is 31.2 Å². The van der Waals surface area contributed by atoms with Gasteiger partial charge >= 0.3 is 5.97 Å². The average molecular weight is 393 g/mol. The highest BCUT2D eigenvalue weighted by molar-refractivity contribution is 5.92. The Kier molecular flexibility index (Phi) is 13.5. The van der Waals surface area contributed by atoms with Gasteiger partial charge in [0.2, 0.25) is 0 Å². The molecule has 0 spiro atoms. The summed E-state index contributed by atoms with van der Waals surface area (Å²) in [6, 6.07) is 4.95. The number of hydrogen-bond acceptors (Lipinski definition) is 3. The molecule has 160 valence electrons. The van der Waals surface area contributed by atoms with Crippen molar-refractivity contribution in [2.24, 2.45) is 0 Å². The molecule has 1 unspecified atom stereocenters. The Hall–Kier alpha value is -1.55. The highest BCUT2D eigenvalue weighted by Gasteiger charge is 2.14. The Morgan fingerprint density at radius 3 is 1.75 bits per heavy atom. The lowest BCUT2D eigenvalue weighted by Gasteiger charge is -2.08. The van der Waals surface area contributed by atoms with Gasteiger partial charge in [0.15, 0.2) is 0 Å². The minimum absolute atomic E-state index is 0.0606. The van der Waals surface area contributed by atoms with Gasteiger partial charge in [-0.25, -0.2) is 4.79 Å². The number of aliphatic hydroxyl groups is 1. The number of hydrogen-bond donors (Lipinski definition) is 3. The quantitative estimate of drug-likeness (QED) is 0.265. The Labute approximate surface area is 171 Å². The molecule has 0 aliphatic heterocycles. The van der Waals surface area contributed by atoms with Crippen LogP contribution in [0.1, 0.15) is 113 Å². The van der Waals surface area contributed by atoms with Crippen LogP contribution in [0.4, 0.5) is 0 Å². The van der Waals surface area contributed by atoms with E-state index in [2.05, 4.69) is 0 Å². The fourth-order valence-corrected chi connectivity index (χ4v) is 3.74. The number of carbonyl (C=O) groups is 1. The van der Waals surface area contributed by atoms with Crippen LogP contribution < -0.4 is 0 Å². The minimum Gasteiger partial charge on any atom is -0.507 e. The van der Waals surface area contributed by atoms with Crippen LogP contribution in [0.2, 0.25) is 0 Å². The average Bonchev–Trinajstić information content (AvgIpc) is 2.64. The molecule has 0 aliphatic carbocycles. The molecule has 1 aromatic carbocycles. The second-order valence-electron chi connectivity index (χ2n) is 8.10. The van der Waals surface area contributed by atoms with Gasteiger partial charge in [-0.15, -0.1) is 0 Å². The van der Waals surface area contributed by atoms with Crippen LogP contribution >= 0.6 is 0 Å². The molecule has 1 aromatic rings. The number of aromatic hydroxyl groups is 1. The molecule has 0 radical (unpaired) electrons. The lowest BCUT2D eigenvalue weighted by atomic mass is 9.99. The van der Waals surface area contributed by atoms with Gasteiger partial charge in [-0.3, -0.25) is 0 Å². The summed E-state index contributed by atoms with van der Waals surface area (Å²) in [6.07, 6.45) is 17.7. The fourth-order valence-electron chi connectivity index (χ4n) is 3.74. The molecule has 0 aliphatic rings. The maximum absolute atomic E-state index is 11.2. The van der Waals surface area contributed by atoms with E-state index in [4.69, 9.17) is 0 Å². The first-order valence-electron chi connectivity index (χ1n) is 11.2. The van der Waals surface area contributed by atoms with Crippen molar-refractivity contribution in [3.05, 3.63) is 29.3 Å². The number of phenols is 1. The number of aromatic carboxylic acids is 1. The Morgan fingerprint density at radius 2 is 1.29 bits per heavy atom. The molecule has 0 heterocycles. The number of aryl methyl sites for hydroxylation is 1. The van der Waals surface area contributed by atoms with Crippen LogP contribution in [0.3, 0.4) is 0 Å². The Balaban J connectivity index is 1.93. The number of carboxylic acid groups (broad SMARTS) is 1. The van der Waals surface area contributed by atoms with E-state index < -0.39 is 5.97 Å². The van der Waals surface area contributed by atoms with Gasteiger partial charge in [-0.05, 0) is 37.8 Å². The lowest BCUT2D eigenvalue weighted by Crippen LogP contribution is -2.03. The van der Waals surface area contributed by atoms with Crippen molar-refractivity contribution in [1.82, 2.24) is 0 Å². The molecular weight excluding hydrogens is 352 g/mol. The van der Waals surface area contributed by atoms with Crippen LogP contribution in [-0.2, 0) is 6.42 Å². The van der Waals surface area contributed by atoms with E-state index in [1.54, 1.807) is 12.1 Å². The second-order valence-corrected chi connectivity index (χ2v) is 8.10. The summed E-state index contributed by atoms with van der Waals surface area (Å²) in [6.45, 7) is 1.87. The molecule has 28 heavy (non-hydrogen) atoms. The zero-order chi connectivity index (χ0) is 20.6. The molecule has 0 amide bonds. The smallest absolute Gasteiger partial charge is 0.339 e. The fraction of sp³-hybridized carbons (Fsp3) is 0.708. The van der Waals surface area contributed by atoms with E-state index in [0.29, 0.717) is 6.42 Å². The highest BCUT2D eigenvalue weighted by Crippen LogP contribution is 2.23. The van der Waals surface area contributed by atoms with E-state index in [-0.39, 0.29) is 17.4 Å². The second kappa shape index (κ2) is 15.4. The van der Waals surface area contributed by atoms with Gasteiger partial charge < -0.3 is 15.3 Å². The number of benzene rings is 1. The van der Waals surface area contributed by atoms with Gasteiger partial charge in [0.25, 0.3) is 0 Å². The minimum atomic E-state index is -1.05. The first-order chi connectivity index (χ1) is 13.5. The van der Waals surface area contributed by atoms with Crippen molar-refractivity contribution in [2.75, 3.05) is 0 Å². The number of rotatable bonds is 17. The zero-order valence-corrected chi connectivity index (χ0v) is 17.7. The van der Waals surface area contributed by atoms with Gasteiger partial charge in [-0.1, -0.05) is 89.2 Å². The summed E-state index contributed by atoms with van der Waals surface area (Å²) in [5.74, 6) is -1.18. The van der Waals surface area contributed by atoms with Crippen molar-refractivity contribution in [3.63, 3.8) is 0 Å². The number of aliphatic hydroxyl groups excluding tert-OH is 1. The van der Waals surface area contributed by atoms with Crippen LogP contribution in [0.5, 0.6) is 5.75 Å². The molecule has 0 saturated carbocycles. The molecule has 4 nitrogen and oxygen atoms in total. The van der Waals surface area contributed by atoms with Gasteiger partial charge in [-0.2, -0.15) is 0 Å². The van der Waals surface area contributed by atoms with Crippen molar-refractivity contribution in [3.8, 4) is 5.75 Å². The summed E-state index contributed by atoms with van der Waals surface area (Å²) in [5, 5.41) is 28.1. The molecule has 0 aromatic heterocycles. The topological polar surface area (TPSA) is 77.8 Å². The van der Waals surface area contributed by atoms with E-state index >= 15 is 0 Å². The van der Waals surface area contributed by atoms with Crippen LogP contribution in [0, 0.1) is 0 Å². The van der Waals surface area contributed by atoms with Crippen molar-refractivity contribution in [2.45, 2.75) is 109 Å². The maximum atomic E-state index is 11.2. The molecular formula is C24H40O4. The molecule has 0 fully saturated rings. The predicted molar refractivity (Wildman–Crippen MR) is 115 cm³/mol. The summed E-state index contributed by atoms with van der Waals surface area (Å²) in [5.41, 5.74) is 0.795. The molecule has 3 N–H and O–H groups in total. The maximum Gasteiger partial charge on any atom is 0.339 e. The molecule has 1 atom stereocenters. The molecule has 1 rings (SSSR count). The molecule has 4 heteroatoms. The largest absolute Gasteiger partial charge is 0.507 e. The standard InChI is InChI=1S/C24H40O4/c1-20(25)16-13-11-9-7-5-3-2-4-6-8-10-12-14-17-21-18-15-19-22(26)23(21)24(27)28/h15,18-20,25-26H,2-14,16-17H2,1H3,(H,27,28). The SMILES string of the molecule is CC(O)CCCCCCCCCCCCCCCc1cccc(O)c1C(=O)O. The van der Waals surface area contributed by atoms with Crippen molar-refractivity contribution in [1.29, 1.82) is 0 Å². The zero-order valence-electron chi connectivity index (χ0n) is 17.7. The predicted octanol–water partition coefficient (Wildman–Crippen LogP) is 6.48. The number of carboxylic acids is 1. The Bertz CT molecular complexity index is 539. The van der Waals surface area contributed by atoms with Crippen LogP contribution in [-0.4, -0.2) is 27.4 Å². The summed E-state index contributed by atoms with van der Waals surface area (Å²) in [7, 11) is 0. The van der Waals surface area contributed by atoms with Crippen LogP contribution in [0.15, 0.2) is 18.2 Å². The monoisotopic (exact) mass is 392 g/mol. The third-order valence-corrected chi connectivity index (χ3v) is 5.41. The van der Waals surface area contributed by atoms with E-state index in [1.165, 1.54) is 70.3 Å². The van der Waals surface area contributed by atoms with Gasteiger partial charge in [0, 0.05) is 0 Å². The first kappa shape index (κ1) is 24.5. The molecule has 0 bridgehead atoms. The van der Waals surface area contributed by atoms with Gasteiger partial charge in [0.1, 0.15) is 11.3 Å². The normalized spacial score (nSPS) is 12.2. The molecule has 0 saturated heterocycles. The van der Waals surface area contributed by atoms with Gasteiger partial charge in [0.05, 0.1) is 6.10 Å². The van der Waals surface area contributed by atoms with E-state index in [9.17, 15) is 20.1 Å². The Morgan fingerprint density at radius 1 is 0.821 bits per heavy atom. The van der Waals surface area contributed by atoms with Crippen molar-refractivity contribution >= 4 is 5.97 Å². The third kappa shape index (κ3) is 11.3. The van der Waals surface area contributed by atoms with Crippen molar-refractivity contribution < 1.29 is 20.1 Å². The number of unbranched alkanes of at least 4 members (excludes halogenated alkanes) is 12. The summed E-state index contributed by atoms with van der Waals surface area (Å²) >= 11 is 0. The highest BCUT2D eigenvalue weighted by atomic mass is 16.4. The first-order valence-corrected chi connectivity index (χ1v) is 11.2. The van der Waals surface area contributed by atoms with Crippen LogP contribution in [0.25, 0.3) is 0 Å². The third-order valence-electron chi connectivity index (χ3n) is 5.41. The summed E-state index contributed by atoms with van der Waals surface area (Å²) in [4.78, 5) is 11.2.